The smallest absolute Gasteiger partial charge is 0.261 e. The molecule has 0 radical (unpaired) electrons. The average molecular weight is 412 g/mol. The predicted octanol–water partition coefficient (Wildman–Crippen LogP) is 2.63. The van der Waals surface area contributed by atoms with Crippen molar-refractivity contribution >= 4 is 22.5 Å². The number of hydrogen-bond donors (Lipinski definition) is 1. The first-order valence-corrected chi connectivity index (χ1v) is 9.84. The predicted molar refractivity (Wildman–Crippen MR) is 110 cm³/mol. The molecule has 0 bridgehead atoms. The van der Waals surface area contributed by atoms with E-state index < -0.39 is 11.6 Å². The molecule has 1 N–H and O–H groups in total. The summed E-state index contributed by atoms with van der Waals surface area (Å²) in [7, 11) is 0. The number of carbonyl (C=O) groups is 1. The monoisotopic (exact) mass is 412 g/mol. The molecule has 1 aliphatic rings. The Morgan fingerprint density at radius 3 is 2.87 bits per heavy atom. The van der Waals surface area contributed by atoms with Crippen molar-refractivity contribution in [2.24, 2.45) is 5.92 Å². The van der Waals surface area contributed by atoms with E-state index in [1.807, 2.05) is 17.9 Å². The molecular formula is C22H22F2N4O2. The Labute approximate surface area is 172 Å². The van der Waals surface area contributed by atoms with Crippen LogP contribution in [0.15, 0.2) is 47.5 Å². The number of benzene rings is 2. The summed E-state index contributed by atoms with van der Waals surface area (Å²) in [6.07, 6.45) is 2.23. The minimum atomic E-state index is -0.867. The standard InChI is InChI=1S/C22H22F2N4O2/c1-14-3-2-4-17-21(14)26-13-28(22(17)30)12-20(29)25-10-15-7-8-27(11-15)16-5-6-18(23)19(24)9-16/h2-6,9,13,15H,7-8,10-12H2,1H3,(H,25,29). The van der Waals surface area contributed by atoms with Crippen LogP contribution in [0.25, 0.3) is 10.9 Å². The molecular weight excluding hydrogens is 390 g/mol. The maximum Gasteiger partial charge on any atom is 0.261 e. The van der Waals surface area contributed by atoms with Crippen molar-refractivity contribution in [1.82, 2.24) is 14.9 Å². The molecule has 6 nitrogen and oxygen atoms in total. The molecule has 156 valence electrons. The zero-order valence-electron chi connectivity index (χ0n) is 16.6. The number of nitrogens with zero attached hydrogens (tertiary/aromatic N) is 3. The fourth-order valence-electron chi connectivity index (χ4n) is 3.83. The number of rotatable bonds is 5. The van der Waals surface area contributed by atoms with Crippen LogP contribution < -0.4 is 15.8 Å². The van der Waals surface area contributed by atoms with Crippen LogP contribution in [0, 0.1) is 24.5 Å². The number of anilines is 1. The third-order valence-electron chi connectivity index (χ3n) is 5.51. The van der Waals surface area contributed by atoms with Gasteiger partial charge in [0, 0.05) is 31.4 Å². The third-order valence-corrected chi connectivity index (χ3v) is 5.51. The molecule has 0 spiro atoms. The molecule has 1 aliphatic heterocycles. The van der Waals surface area contributed by atoms with Crippen LogP contribution >= 0.6 is 0 Å². The van der Waals surface area contributed by atoms with E-state index in [2.05, 4.69) is 10.3 Å². The highest BCUT2D eigenvalue weighted by Crippen LogP contribution is 2.25. The van der Waals surface area contributed by atoms with Gasteiger partial charge in [-0.25, -0.2) is 13.8 Å². The second-order valence-corrected chi connectivity index (χ2v) is 7.65. The number of nitrogens with one attached hydrogen (secondary N) is 1. The van der Waals surface area contributed by atoms with Gasteiger partial charge in [0.15, 0.2) is 11.6 Å². The summed E-state index contributed by atoms with van der Waals surface area (Å²) in [4.78, 5) is 31.2. The first-order chi connectivity index (χ1) is 14.4. The highest BCUT2D eigenvalue weighted by Gasteiger charge is 2.24. The largest absolute Gasteiger partial charge is 0.371 e. The summed E-state index contributed by atoms with van der Waals surface area (Å²) < 4.78 is 27.9. The second-order valence-electron chi connectivity index (χ2n) is 7.65. The van der Waals surface area contributed by atoms with E-state index >= 15 is 0 Å². The fourth-order valence-corrected chi connectivity index (χ4v) is 3.83. The molecule has 2 aromatic carbocycles. The maximum absolute atomic E-state index is 13.5. The summed E-state index contributed by atoms with van der Waals surface area (Å²) in [6.45, 7) is 3.58. The van der Waals surface area contributed by atoms with Gasteiger partial charge in [0.2, 0.25) is 5.91 Å². The Balaban J connectivity index is 1.34. The number of halogens is 2. The lowest BCUT2D eigenvalue weighted by molar-refractivity contribution is -0.121. The fraction of sp³-hybridized carbons (Fsp3) is 0.318. The van der Waals surface area contributed by atoms with Crippen LogP contribution in [-0.4, -0.2) is 35.1 Å². The zero-order valence-corrected chi connectivity index (χ0v) is 16.6. The molecule has 1 amide bonds. The molecule has 1 aromatic heterocycles. The minimum Gasteiger partial charge on any atom is -0.371 e. The van der Waals surface area contributed by atoms with Gasteiger partial charge in [-0.1, -0.05) is 12.1 Å². The molecule has 1 atom stereocenters. The molecule has 0 saturated carbocycles. The van der Waals surface area contributed by atoms with Crippen LogP contribution in [-0.2, 0) is 11.3 Å². The van der Waals surface area contributed by atoms with Crippen LogP contribution in [0.5, 0.6) is 0 Å². The van der Waals surface area contributed by atoms with E-state index in [0.29, 0.717) is 36.2 Å². The van der Waals surface area contributed by atoms with E-state index in [0.717, 1.165) is 18.1 Å². The van der Waals surface area contributed by atoms with Gasteiger partial charge in [0.25, 0.3) is 5.56 Å². The van der Waals surface area contributed by atoms with Crippen molar-refractivity contribution in [3.05, 3.63) is 70.3 Å². The quantitative estimate of drug-likeness (QED) is 0.700. The van der Waals surface area contributed by atoms with Crippen molar-refractivity contribution in [3.8, 4) is 0 Å². The Morgan fingerprint density at radius 2 is 2.07 bits per heavy atom. The second kappa shape index (κ2) is 8.22. The van der Waals surface area contributed by atoms with Gasteiger partial charge < -0.3 is 10.2 Å². The molecule has 8 heteroatoms. The molecule has 1 fully saturated rings. The van der Waals surface area contributed by atoms with Crippen LogP contribution in [0.3, 0.4) is 0 Å². The first-order valence-electron chi connectivity index (χ1n) is 9.84. The summed E-state index contributed by atoms with van der Waals surface area (Å²) in [5.41, 5.74) is 1.94. The lowest BCUT2D eigenvalue weighted by Gasteiger charge is -2.19. The number of aryl methyl sites for hydroxylation is 1. The van der Waals surface area contributed by atoms with E-state index in [9.17, 15) is 18.4 Å². The summed E-state index contributed by atoms with van der Waals surface area (Å²) in [5, 5.41) is 3.35. The van der Waals surface area contributed by atoms with Crippen molar-refractivity contribution in [3.63, 3.8) is 0 Å². The Kier molecular flexibility index (Phi) is 5.48. The van der Waals surface area contributed by atoms with Gasteiger partial charge in [-0.15, -0.1) is 0 Å². The first kappa shape index (κ1) is 20.0. The van der Waals surface area contributed by atoms with Crippen LogP contribution in [0.1, 0.15) is 12.0 Å². The summed E-state index contributed by atoms with van der Waals surface area (Å²) in [6, 6.07) is 9.26. The van der Waals surface area contributed by atoms with Gasteiger partial charge in [0.05, 0.1) is 17.2 Å². The molecule has 30 heavy (non-hydrogen) atoms. The van der Waals surface area contributed by atoms with Gasteiger partial charge in [-0.05, 0) is 43.0 Å². The Morgan fingerprint density at radius 1 is 1.23 bits per heavy atom. The number of para-hydroxylation sites is 1. The lowest BCUT2D eigenvalue weighted by atomic mass is 10.1. The molecule has 4 rings (SSSR count). The topological polar surface area (TPSA) is 67.2 Å². The number of fused-ring (bicyclic) bond motifs is 1. The molecule has 3 aromatic rings. The van der Waals surface area contributed by atoms with Crippen LogP contribution in [0.2, 0.25) is 0 Å². The van der Waals surface area contributed by atoms with Crippen molar-refractivity contribution in [1.29, 1.82) is 0 Å². The van der Waals surface area contributed by atoms with Gasteiger partial charge in [0.1, 0.15) is 6.54 Å². The van der Waals surface area contributed by atoms with Crippen molar-refractivity contribution < 1.29 is 13.6 Å². The summed E-state index contributed by atoms with van der Waals surface area (Å²) in [5.74, 6) is -1.81. The van der Waals surface area contributed by atoms with Crippen molar-refractivity contribution in [2.75, 3.05) is 24.5 Å². The minimum absolute atomic E-state index is 0.102. The highest BCUT2D eigenvalue weighted by atomic mass is 19.2. The van der Waals surface area contributed by atoms with E-state index in [1.54, 1.807) is 18.2 Å². The Bertz CT molecular complexity index is 1160. The van der Waals surface area contributed by atoms with Gasteiger partial charge in [-0.3, -0.25) is 14.2 Å². The highest BCUT2D eigenvalue weighted by molar-refractivity contribution is 5.81. The van der Waals surface area contributed by atoms with Gasteiger partial charge >= 0.3 is 0 Å². The molecule has 1 saturated heterocycles. The molecule has 2 heterocycles. The number of aromatic nitrogens is 2. The Hall–Kier alpha value is -3.29. The maximum atomic E-state index is 13.5. The zero-order chi connectivity index (χ0) is 21.3. The summed E-state index contributed by atoms with van der Waals surface area (Å²) >= 11 is 0. The van der Waals surface area contributed by atoms with Crippen LogP contribution in [0.4, 0.5) is 14.5 Å². The average Bonchev–Trinajstić information content (AvgIpc) is 3.20. The molecule has 0 aliphatic carbocycles. The third kappa shape index (κ3) is 4.03. The van der Waals surface area contributed by atoms with E-state index in [1.165, 1.54) is 17.0 Å². The number of carbonyl (C=O) groups excluding carboxylic acids is 1. The SMILES string of the molecule is Cc1cccc2c(=O)n(CC(=O)NCC3CCN(c4ccc(F)c(F)c4)C3)cnc12. The number of amides is 1. The normalized spacial score (nSPS) is 16.2. The van der Waals surface area contributed by atoms with E-state index in [-0.39, 0.29) is 23.9 Å². The van der Waals surface area contributed by atoms with Gasteiger partial charge in [-0.2, -0.15) is 0 Å². The lowest BCUT2D eigenvalue weighted by Crippen LogP contribution is -2.36. The molecule has 1 unspecified atom stereocenters. The van der Waals surface area contributed by atoms with E-state index in [4.69, 9.17) is 0 Å². The number of hydrogen-bond acceptors (Lipinski definition) is 4. The van der Waals surface area contributed by atoms with Crippen molar-refractivity contribution in [2.45, 2.75) is 19.9 Å².